The fourth-order valence-corrected chi connectivity index (χ4v) is 5.38. The lowest BCUT2D eigenvalue weighted by Gasteiger charge is -2.29. The fraction of sp³-hybridized carbons (Fsp3) is 0.481. The fourth-order valence-electron chi connectivity index (χ4n) is 3.98. The van der Waals surface area contributed by atoms with Crippen molar-refractivity contribution >= 4 is 21.8 Å². The lowest BCUT2D eigenvalue weighted by Crippen LogP contribution is -2.49. The van der Waals surface area contributed by atoms with Crippen LogP contribution in [-0.4, -0.2) is 74.9 Å². The van der Waals surface area contributed by atoms with Gasteiger partial charge < -0.3 is 19.7 Å². The molecule has 0 aliphatic carbocycles. The Morgan fingerprint density at radius 3 is 2.37 bits per heavy atom. The minimum Gasteiger partial charge on any atom is -0.484 e. The van der Waals surface area contributed by atoms with E-state index in [1.165, 1.54) is 45.6 Å². The maximum atomic E-state index is 13.4. The van der Waals surface area contributed by atoms with Gasteiger partial charge in [0.2, 0.25) is 15.9 Å². The third-order valence-electron chi connectivity index (χ3n) is 6.31. The zero-order valence-electron chi connectivity index (χ0n) is 21.9. The minimum absolute atomic E-state index is 0.1000. The molecule has 9 nitrogen and oxygen atoms in total. The molecule has 0 unspecified atom stereocenters. The number of rotatable bonds is 13. The van der Waals surface area contributed by atoms with Gasteiger partial charge in [0.15, 0.2) is 6.61 Å². The van der Waals surface area contributed by atoms with Crippen LogP contribution in [0.25, 0.3) is 0 Å². The summed E-state index contributed by atoms with van der Waals surface area (Å²) in [5.41, 5.74) is 0.669. The topological polar surface area (TPSA) is 105 Å². The molecule has 3 rings (SSSR count). The largest absolute Gasteiger partial charge is 0.484 e. The molecule has 1 fully saturated rings. The number of morpholine rings is 1. The third kappa shape index (κ3) is 8.24. The van der Waals surface area contributed by atoms with Gasteiger partial charge in [0.05, 0.1) is 18.1 Å². The smallest absolute Gasteiger partial charge is 0.261 e. The summed E-state index contributed by atoms with van der Waals surface area (Å²) in [7, 11) is -3.64. The highest BCUT2D eigenvalue weighted by Crippen LogP contribution is 2.21. The first-order valence-electron chi connectivity index (χ1n) is 12.8. The van der Waals surface area contributed by atoms with E-state index in [9.17, 15) is 22.4 Å². The zero-order chi connectivity index (χ0) is 27.5. The maximum Gasteiger partial charge on any atom is 0.261 e. The Kier molecular flexibility index (Phi) is 11.1. The average molecular weight is 550 g/mol. The molecule has 0 radical (unpaired) electrons. The van der Waals surface area contributed by atoms with E-state index in [-0.39, 0.29) is 24.0 Å². The second-order valence-corrected chi connectivity index (χ2v) is 11.0. The molecule has 1 aliphatic rings. The van der Waals surface area contributed by atoms with Gasteiger partial charge in [-0.2, -0.15) is 4.31 Å². The van der Waals surface area contributed by atoms with Crippen molar-refractivity contribution in [3.63, 3.8) is 0 Å². The van der Waals surface area contributed by atoms with Gasteiger partial charge >= 0.3 is 0 Å². The molecule has 2 aromatic carbocycles. The van der Waals surface area contributed by atoms with Gasteiger partial charge in [0.1, 0.15) is 17.6 Å². The van der Waals surface area contributed by atoms with Gasteiger partial charge in [-0.05, 0) is 55.3 Å². The Labute approximate surface area is 224 Å². The number of halogens is 1. The molecule has 1 N–H and O–H groups in total. The van der Waals surface area contributed by atoms with Crippen LogP contribution in [0.2, 0.25) is 0 Å². The van der Waals surface area contributed by atoms with Crippen LogP contribution >= 0.6 is 0 Å². The number of amides is 2. The lowest BCUT2D eigenvalue weighted by molar-refractivity contribution is -0.142. The summed E-state index contributed by atoms with van der Waals surface area (Å²) in [5.74, 6) is -0.793. The average Bonchev–Trinajstić information content (AvgIpc) is 2.94. The van der Waals surface area contributed by atoms with Gasteiger partial charge in [-0.15, -0.1) is 0 Å². The monoisotopic (exact) mass is 549 g/mol. The predicted octanol–water partition coefficient (Wildman–Crippen LogP) is 2.95. The van der Waals surface area contributed by atoms with E-state index in [1.807, 2.05) is 0 Å². The highest BCUT2D eigenvalue weighted by Gasteiger charge is 2.28. The molecule has 1 heterocycles. The Balaban J connectivity index is 1.65. The molecule has 0 saturated carbocycles. The normalized spacial score (nSPS) is 15.0. The molecular formula is C27H36FN3O6S. The first-order valence-corrected chi connectivity index (χ1v) is 14.3. The SMILES string of the molecule is CCCCCNC(=O)[C@H](C)N(Cc1ccc(F)cc1)C(=O)COc1ccc(S(=O)(=O)N2CCOCC2)cc1. The van der Waals surface area contributed by atoms with Crippen LogP contribution < -0.4 is 10.1 Å². The highest BCUT2D eigenvalue weighted by molar-refractivity contribution is 7.89. The van der Waals surface area contributed by atoms with Crippen LogP contribution in [0.3, 0.4) is 0 Å². The quantitative estimate of drug-likeness (QED) is 0.385. The predicted molar refractivity (Wildman–Crippen MR) is 140 cm³/mol. The lowest BCUT2D eigenvalue weighted by atomic mass is 10.1. The summed E-state index contributed by atoms with van der Waals surface area (Å²) in [4.78, 5) is 27.5. The molecule has 11 heteroatoms. The summed E-state index contributed by atoms with van der Waals surface area (Å²) in [5, 5.41) is 2.87. The molecule has 38 heavy (non-hydrogen) atoms. The molecule has 2 amide bonds. The van der Waals surface area contributed by atoms with Crippen molar-refractivity contribution in [1.82, 2.24) is 14.5 Å². The molecule has 0 spiro atoms. The minimum atomic E-state index is -3.64. The second kappa shape index (κ2) is 14.2. The van der Waals surface area contributed by atoms with Crippen molar-refractivity contribution in [2.24, 2.45) is 0 Å². The van der Waals surface area contributed by atoms with Crippen LogP contribution in [0.15, 0.2) is 53.4 Å². The second-order valence-electron chi connectivity index (χ2n) is 9.10. The van der Waals surface area contributed by atoms with E-state index < -0.39 is 27.8 Å². The number of hydrogen-bond donors (Lipinski definition) is 1. The maximum absolute atomic E-state index is 13.4. The molecular weight excluding hydrogens is 513 g/mol. The van der Waals surface area contributed by atoms with Crippen molar-refractivity contribution < 1.29 is 31.9 Å². The third-order valence-corrected chi connectivity index (χ3v) is 8.22. The molecule has 0 aromatic heterocycles. The summed E-state index contributed by atoms with van der Waals surface area (Å²) in [6, 6.07) is 10.8. The number of sulfonamides is 1. The molecule has 2 aromatic rings. The van der Waals surface area contributed by atoms with Crippen molar-refractivity contribution in [1.29, 1.82) is 0 Å². The van der Waals surface area contributed by atoms with E-state index in [0.29, 0.717) is 44.2 Å². The molecule has 1 atom stereocenters. The van der Waals surface area contributed by atoms with Crippen molar-refractivity contribution in [3.05, 3.63) is 59.9 Å². The Morgan fingerprint density at radius 1 is 1.08 bits per heavy atom. The van der Waals surface area contributed by atoms with Gasteiger partial charge in [0, 0.05) is 26.2 Å². The summed E-state index contributed by atoms with van der Waals surface area (Å²) >= 11 is 0. The molecule has 0 bridgehead atoms. The Hall–Kier alpha value is -3.02. The van der Waals surface area contributed by atoms with E-state index >= 15 is 0 Å². The molecule has 1 aliphatic heterocycles. The van der Waals surface area contributed by atoms with Crippen molar-refractivity contribution in [2.45, 2.75) is 50.6 Å². The van der Waals surface area contributed by atoms with Crippen LogP contribution in [0.5, 0.6) is 5.75 Å². The van der Waals surface area contributed by atoms with E-state index in [1.54, 1.807) is 19.1 Å². The first kappa shape index (κ1) is 29.5. The number of carbonyl (C=O) groups excluding carboxylic acids is 2. The Bertz CT molecular complexity index is 1150. The molecule has 208 valence electrons. The highest BCUT2D eigenvalue weighted by atomic mass is 32.2. The number of benzene rings is 2. The number of unbranched alkanes of at least 4 members (excludes halogenated alkanes) is 2. The molecule has 1 saturated heterocycles. The van der Waals surface area contributed by atoms with Crippen LogP contribution in [0.1, 0.15) is 38.7 Å². The number of carbonyl (C=O) groups is 2. The Morgan fingerprint density at radius 2 is 1.74 bits per heavy atom. The van der Waals surface area contributed by atoms with E-state index in [0.717, 1.165) is 19.3 Å². The summed E-state index contributed by atoms with van der Waals surface area (Å²) in [6.45, 7) is 5.27. The van der Waals surface area contributed by atoms with Crippen LogP contribution in [-0.2, 0) is 30.9 Å². The zero-order valence-corrected chi connectivity index (χ0v) is 22.7. The number of nitrogens with one attached hydrogen (secondary N) is 1. The van der Waals surface area contributed by atoms with Gasteiger partial charge in [0.25, 0.3) is 5.91 Å². The summed E-state index contributed by atoms with van der Waals surface area (Å²) < 4.78 is 51.2. The van der Waals surface area contributed by atoms with Crippen molar-refractivity contribution in [3.8, 4) is 5.75 Å². The first-order chi connectivity index (χ1) is 18.2. The van der Waals surface area contributed by atoms with Crippen LogP contribution in [0, 0.1) is 5.82 Å². The number of nitrogens with zero attached hydrogens (tertiary/aromatic N) is 2. The number of ether oxygens (including phenoxy) is 2. The van der Waals surface area contributed by atoms with E-state index in [4.69, 9.17) is 9.47 Å². The summed E-state index contributed by atoms with van der Waals surface area (Å²) in [6.07, 6.45) is 2.87. The van der Waals surface area contributed by atoms with E-state index in [2.05, 4.69) is 12.2 Å². The van der Waals surface area contributed by atoms with Crippen molar-refractivity contribution in [2.75, 3.05) is 39.5 Å². The number of hydrogen-bond acceptors (Lipinski definition) is 6. The standard InChI is InChI=1S/C27H36FN3O6S/c1-3-4-5-14-29-27(33)21(2)31(19-22-6-8-23(28)9-7-22)26(32)20-37-24-10-12-25(13-11-24)38(34,35)30-15-17-36-18-16-30/h6-13,21H,3-5,14-20H2,1-2H3,(H,29,33)/t21-/m0/s1. The van der Waals surface area contributed by atoms with Gasteiger partial charge in [-0.25, -0.2) is 12.8 Å². The van der Waals surface area contributed by atoms with Crippen LogP contribution in [0.4, 0.5) is 4.39 Å². The van der Waals surface area contributed by atoms with Gasteiger partial charge in [-0.1, -0.05) is 31.9 Å². The van der Waals surface area contributed by atoms with Gasteiger partial charge in [-0.3, -0.25) is 9.59 Å².